The molecule has 226 valence electrons. The SMILES string of the molecule is CCC1C=C(CN2CCC(=C3/NC(C4CC4)NCC3=O)/C(=C\C=O)C2=O)C=CC1F.CCCC.CCCO.CO. The molecule has 0 aromatic rings. The predicted molar refractivity (Wildman–Crippen MR) is 157 cm³/mol. The van der Waals surface area contributed by atoms with Crippen LogP contribution in [0.15, 0.2) is 46.7 Å². The number of nitrogens with zero attached hydrogens (tertiary/aromatic N) is 1. The fourth-order valence-electron chi connectivity index (χ4n) is 4.43. The maximum atomic E-state index is 13.9. The summed E-state index contributed by atoms with van der Waals surface area (Å²) in [6.45, 7) is 9.61. The first-order valence-corrected chi connectivity index (χ1v) is 14.6. The van der Waals surface area contributed by atoms with Crippen molar-refractivity contribution in [3.63, 3.8) is 0 Å². The zero-order valence-corrected chi connectivity index (χ0v) is 24.9. The number of rotatable bonds is 7. The van der Waals surface area contributed by atoms with Gasteiger partial charge in [0.25, 0.3) is 5.91 Å². The molecule has 0 spiro atoms. The van der Waals surface area contributed by atoms with Crippen LogP contribution in [-0.2, 0) is 14.4 Å². The molecule has 0 bridgehead atoms. The first kappa shape index (κ1) is 35.4. The first-order valence-electron chi connectivity index (χ1n) is 14.6. The van der Waals surface area contributed by atoms with Crippen molar-refractivity contribution in [1.29, 1.82) is 0 Å². The molecular formula is C31H50FN3O5. The molecule has 3 fully saturated rings. The highest BCUT2D eigenvalue weighted by atomic mass is 19.1. The van der Waals surface area contributed by atoms with Gasteiger partial charge in [0.05, 0.1) is 18.4 Å². The number of allylic oxidation sites excluding steroid dienone is 3. The number of ketones is 1. The molecule has 3 unspecified atom stereocenters. The van der Waals surface area contributed by atoms with Crippen LogP contribution in [0.3, 0.4) is 0 Å². The maximum Gasteiger partial charge on any atom is 0.254 e. The lowest BCUT2D eigenvalue weighted by Crippen LogP contribution is -2.54. The van der Waals surface area contributed by atoms with E-state index in [9.17, 15) is 18.8 Å². The van der Waals surface area contributed by atoms with E-state index < -0.39 is 6.17 Å². The van der Waals surface area contributed by atoms with Crippen LogP contribution in [0.1, 0.15) is 72.6 Å². The second kappa shape index (κ2) is 19.5. The summed E-state index contributed by atoms with van der Waals surface area (Å²) in [6, 6.07) is 0. The highest BCUT2D eigenvalue weighted by Gasteiger charge is 2.38. The molecule has 1 saturated carbocycles. The number of hydrogen-bond acceptors (Lipinski definition) is 7. The summed E-state index contributed by atoms with van der Waals surface area (Å²) in [7, 11) is 1.00. The summed E-state index contributed by atoms with van der Waals surface area (Å²) < 4.78 is 13.9. The van der Waals surface area contributed by atoms with Crippen LogP contribution in [0.2, 0.25) is 0 Å². The van der Waals surface area contributed by atoms with Gasteiger partial charge in [0.15, 0.2) is 5.78 Å². The second-order valence-corrected chi connectivity index (χ2v) is 10.2. The molecule has 4 aliphatic rings. The van der Waals surface area contributed by atoms with Crippen LogP contribution in [0, 0.1) is 11.8 Å². The molecule has 0 aromatic carbocycles. The third-order valence-electron chi connectivity index (χ3n) is 7.07. The van der Waals surface area contributed by atoms with Crippen molar-refractivity contribution in [3.8, 4) is 0 Å². The quantitative estimate of drug-likeness (QED) is 0.275. The van der Waals surface area contributed by atoms with Gasteiger partial charge in [0.1, 0.15) is 12.5 Å². The number of alkyl halides is 1. The fourth-order valence-corrected chi connectivity index (χ4v) is 4.43. The highest BCUT2D eigenvalue weighted by molar-refractivity contribution is 6.06. The highest BCUT2D eigenvalue weighted by Crippen LogP contribution is 2.34. The first-order chi connectivity index (χ1) is 19.3. The fraction of sp³-hybridized carbons (Fsp3) is 0.645. The van der Waals surface area contributed by atoms with Gasteiger partial charge >= 0.3 is 0 Å². The maximum absolute atomic E-state index is 13.9. The van der Waals surface area contributed by atoms with Gasteiger partial charge in [-0.1, -0.05) is 52.7 Å². The van der Waals surface area contributed by atoms with Crippen molar-refractivity contribution in [2.45, 2.75) is 85.0 Å². The largest absolute Gasteiger partial charge is 0.400 e. The van der Waals surface area contributed by atoms with Gasteiger partial charge in [-0.2, -0.15) is 0 Å². The Labute approximate surface area is 239 Å². The van der Waals surface area contributed by atoms with Crippen molar-refractivity contribution in [3.05, 3.63) is 46.7 Å². The number of aldehydes is 1. The van der Waals surface area contributed by atoms with Crippen molar-refractivity contribution in [2.24, 2.45) is 11.8 Å². The summed E-state index contributed by atoms with van der Waals surface area (Å²) in [6.07, 6.45) is 13.0. The number of halogens is 1. The van der Waals surface area contributed by atoms with Crippen molar-refractivity contribution in [1.82, 2.24) is 15.5 Å². The average molecular weight is 564 g/mol. The molecule has 0 radical (unpaired) electrons. The van der Waals surface area contributed by atoms with Crippen LogP contribution in [0.25, 0.3) is 0 Å². The topological polar surface area (TPSA) is 119 Å². The van der Waals surface area contributed by atoms with Crippen LogP contribution < -0.4 is 10.6 Å². The zero-order valence-electron chi connectivity index (χ0n) is 24.9. The number of Topliss-reactive ketones (excluding diaryl/α,β-unsaturated/α-hetero) is 1. The Morgan fingerprint density at radius 3 is 2.27 bits per heavy atom. The Kier molecular flexibility index (Phi) is 17.2. The summed E-state index contributed by atoms with van der Waals surface area (Å²) in [5.41, 5.74) is 2.27. The van der Waals surface area contributed by atoms with Gasteiger partial charge < -0.3 is 20.4 Å². The normalized spacial score (nSPS) is 26.8. The molecule has 4 rings (SSSR count). The van der Waals surface area contributed by atoms with Gasteiger partial charge in [-0.3, -0.25) is 19.7 Å². The lowest BCUT2D eigenvalue weighted by atomic mass is 9.90. The minimum atomic E-state index is -0.992. The number of aliphatic hydroxyl groups is 2. The summed E-state index contributed by atoms with van der Waals surface area (Å²) in [4.78, 5) is 38.7. The number of amides is 1. The molecule has 1 amide bonds. The molecule has 2 saturated heterocycles. The van der Waals surface area contributed by atoms with E-state index in [-0.39, 0.29) is 35.9 Å². The number of unbranched alkanes of at least 4 members (excludes halogenated alkanes) is 1. The summed E-state index contributed by atoms with van der Waals surface area (Å²) >= 11 is 0. The van der Waals surface area contributed by atoms with Crippen LogP contribution in [-0.4, -0.2) is 78.8 Å². The number of hydrogen-bond donors (Lipinski definition) is 4. The molecule has 4 N–H and O–H groups in total. The molecule has 0 aromatic heterocycles. The Morgan fingerprint density at radius 2 is 1.75 bits per heavy atom. The number of nitrogens with one attached hydrogen (secondary N) is 2. The average Bonchev–Trinajstić information content (AvgIpc) is 3.84. The van der Waals surface area contributed by atoms with Gasteiger partial charge in [-0.25, -0.2) is 4.39 Å². The Bertz CT molecular complexity index is 931. The number of aliphatic hydroxyl groups excluding tert-OH is 2. The van der Waals surface area contributed by atoms with E-state index in [0.717, 1.165) is 31.9 Å². The lowest BCUT2D eigenvalue weighted by Gasteiger charge is -2.35. The van der Waals surface area contributed by atoms with Crippen molar-refractivity contribution < 1.29 is 29.0 Å². The van der Waals surface area contributed by atoms with Gasteiger partial charge in [-0.05, 0) is 61.3 Å². The minimum Gasteiger partial charge on any atom is -0.400 e. The third-order valence-corrected chi connectivity index (χ3v) is 7.07. The van der Waals surface area contributed by atoms with E-state index in [0.29, 0.717) is 56.0 Å². The van der Waals surface area contributed by atoms with Gasteiger partial charge in [0.2, 0.25) is 0 Å². The molecule has 3 atom stereocenters. The van der Waals surface area contributed by atoms with E-state index in [1.165, 1.54) is 18.9 Å². The number of carbonyl (C=O) groups excluding carboxylic acids is 3. The second-order valence-electron chi connectivity index (χ2n) is 10.2. The molecular weight excluding hydrogens is 513 g/mol. The third kappa shape index (κ3) is 10.7. The smallest absolute Gasteiger partial charge is 0.254 e. The molecule has 9 heteroatoms. The Hall–Kier alpha value is -2.62. The summed E-state index contributed by atoms with van der Waals surface area (Å²) in [5.74, 6) is -0.0309. The van der Waals surface area contributed by atoms with Crippen LogP contribution in [0.4, 0.5) is 4.39 Å². The molecule has 2 heterocycles. The van der Waals surface area contributed by atoms with Gasteiger partial charge in [-0.15, -0.1) is 0 Å². The molecule has 8 nitrogen and oxygen atoms in total. The van der Waals surface area contributed by atoms with E-state index in [1.54, 1.807) is 17.1 Å². The van der Waals surface area contributed by atoms with Crippen molar-refractivity contribution in [2.75, 3.05) is 33.4 Å². The molecule has 40 heavy (non-hydrogen) atoms. The van der Waals surface area contributed by atoms with E-state index in [4.69, 9.17) is 10.2 Å². The number of carbonyl (C=O) groups is 3. The predicted octanol–water partition coefficient (Wildman–Crippen LogP) is 3.76. The lowest BCUT2D eigenvalue weighted by molar-refractivity contribution is -0.127. The molecule has 2 aliphatic carbocycles. The Morgan fingerprint density at radius 1 is 1.10 bits per heavy atom. The van der Waals surface area contributed by atoms with E-state index in [1.807, 2.05) is 19.9 Å². The van der Waals surface area contributed by atoms with Crippen LogP contribution in [0.5, 0.6) is 0 Å². The zero-order chi connectivity index (χ0) is 30.1. The summed E-state index contributed by atoms with van der Waals surface area (Å²) in [5, 5.41) is 21.4. The number of likely N-dealkylation sites (tertiary alicyclic amines) is 1. The van der Waals surface area contributed by atoms with E-state index >= 15 is 0 Å². The molecule has 2 aliphatic heterocycles. The van der Waals surface area contributed by atoms with Crippen molar-refractivity contribution >= 4 is 18.0 Å². The monoisotopic (exact) mass is 563 g/mol. The standard InChI is InChI=1S/C23H28FN3O3.C4H10.C3H8O.CH4O/c1-2-15-11-14(3-6-19(15)24)13-27-9-7-17(18(8-10-28)23(27)30)21-20(29)12-25-22(26-21)16-4-5-16;1-3-4-2;1-2-3-4;1-2/h3,6,8,10-11,15-16,19,22,25-26H,2,4-5,7,9,12-13H2,1H3;3-4H2,1-2H3;4H,2-3H2,1H3;2H,1H3/b18-8+,21-17-;;;. The van der Waals surface area contributed by atoms with Gasteiger partial charge in [0, 0.05) is 38.3 Å². The minimum absolute atomic E-state index is 0.0352. The van der Waals surface area contributed by atoms with E-state index in [2.05, 4.69) is 24.5 Å². The Balaban J connectivity index is 0.000000699. The number of piperidine rings is 1. The van der Waals surface area contributed by atoms with Crippen LogP contribution >= 0.6 is 0 Å².